The third-order valence-electron chi connectivity index (χ3n) is 2.81. The van der Waals surface area contributed by atoms with Gasteiger partial charge in [0.1, 0.15) is 0 Å². The molecule has 1 N–H and O–H groups in total. The quantitative estimate of drug-likeness (QED) is 0.787. The van der Waals surface area contributed by atoms with E-state index in [9.17, 15) is 0 Å². The molecule has 4 heteroatoms. The number of aryl methyl sites for hydroxylation is 1. The number of hydrogen-bond donors (Lipinski definition) is 1. The van der Waals surface area contributed by atoms with Crippen molar-refractivity contribution in [1.82, 2.24) is 9.55 Å². The Morgan fingerprint density at radius 2 is 2.06 bits per heavy atom. The lowest BCUT2D eigenvalue weighted by Crippen LogP contribution is -2.02. The molecule has 2 aromatic rings. The second-order valence-electron chi connectivity index (χ2n) is 4.44. The minimum atomic E-state index is 0.406. The van der Waals surface area contributed by atoms with Crippen LogP contribution in [0.15, 0.2) is 24.4 Å². The van der Waals surface area contributed by atoms with Crippen LogP contribution >= 0.6 is 23.8 Å². The summed E-state index contributed by atoms with van der Waals surface area (Å²) in [6.45, 7) is 6.28. The molecule has 0 aliphatic heterocycles. The average molecular weight is 267 g/mol. The van der Waals surface area contributed by atoms with Gasteiger partial charge < -0.3 is 4.98 Å². The summed E-state index contributed by atoms with van der Waals surface area (Å²) in [5.41, 5.74) is 3.24. The smallest absolute Gasteiger partial charge is 0.182 e. The molecule has 1 aromatic carbocycles. The molecule has 0 amide bonds. The normalized spacial score (nSPS) is 11.1. The van der Waals surface area contributed by atoms with Gasteiger partial charge in [0.15, 0.2) is 4.77 Å². The van der Waals surface area contributed by atoms with Crippen LogP contribution in [0.4, 0.5) is 0 Å². The number of H-pyrrole nitrogens is 1. The Morgan fingerprint density at radius 1 is 1.35 bits per heavy atom. The number of rotatable bonds is 2. The predicted octanol–water partition coefficient (Wildman–Crippen LogP) is 4.62. The molecule has 1 aromatic heterocycles. The first-order chi connectivity index (χ1) is 8.00. The van der Waals surface area contributed by atoms with E-state index >= 15 is 0 Å². The largest absolute Gasteiger partial charge is 0.337 e. The van der Waals surface area contributed by atoms with Gasteiger partial charge in [-0.1, -0.05) is 31.5 Å². The number of halogens is 1. The summed E-state index contributed by atoms with van der Waals surface area (Å²) in [4.78, 5) is 3.09. The number of imidazole rings is 1. The van der Waals surface area contributed by atoms with Gasteiger partial charge in [0.25, 0.3) is 0 Å². The Labute approximate surface area is 111 Å². The van der Waals surface area contributed by atoms with Crippen LogP contribution in [-0.4, -0.2) is 9.55 Å². The van der Waals surface area contributed by atoms with E-state index in [4.69, 9.17) is 23.8 Å². The van der Waals surface area contributed by atoms with Crippen LogP contribution in [0.25, 0.3) is 5.69 Å². The molecule has 17 heavy (non-hydrogen) atoms. The Bertz CT molecular complexity index is 596. The van der Waals surface area contributed by atoms with Gasteiger partial charge in [-0.2, -0.15) is 0 Å². The molecule has 0 radical (unpaired) electrons. The van der Waals surface area contributed by atoms with Crippen molar-refractivity contribution in [1.29, 1.82) is 0 Å². The fraction of sp³-hybridized carbons (Fsp3) is 0.308. The van der Waals surface area contributed by atoms with Crippen molar-refractivity contribution < 1.29 is 0 Å². The zero-order chi connectivity index (χ0) is 12.6. The number of benzene rings is 1. The zero-order valence-corrected chi connectivity index (χ0v) is 11.7. The number of nitrogens with zero attached hydrogens (tertiary/aromatic N) is 1. The van der Waals surface area contributed by atoms with Gasteiger partial charge in [0.2, 0.25) is 0 Å². The van der Waals surface area contributed by atoms with Gasteiger partial charge in [0, 0.05) is 22.6 Å². The summed E-state index contributed by atoms with van der Waals surface area (Å²) in [5, 5.41) is 0.764. The number of hydrogen-bond acceptors (Lipinski definition) is 1. The molecule has 2 nitrogen and oxygen atoms in total. The van der Waals surface area contributed by atoms with E-state index in [0.29, 0.717) is 10.7 Å². The maximum Gasteiger partial charge on any atom is 0.182 e. The fourth-order valence-electron chi connectivity index (χ4n) is 1.79. The van der Waals surface area contributed by atoms with Gasteiger partial charge in [0.05, 0.1) is 0 Å². The van der Waals surface area contributed by atoms with E-state index in [-0.39, 0.29) is 0 Å². The van der Waals surface area contributed by atoms with Crippen LogP contribution in [-0.2, 0) is 0 Å². The van der Waals surface area contributed by atoms with E-state index < -0.39 is 0 Å². The van der Waals surface area contributed by atoms with E-state index in [1.807, 2.05) is 35.9 Å². The second kappa shape index (κ2) is 4.67. The Kier molecular flexibility index (Phi) is 3.40. The van der Waals surface area contributed by atoms with Crippen LogP contribution in [0.3, 0.4) is 0 Å². The van der Waals surface area contributed by atoms with Crippen molar-refractivity contribution in [2.24, 2.45) is 0 Å². The minimum absolute atomic E-state index is 0.406. The van der Waals surface area contributed by atoms with E-state index in [2.05, 4.69) is 18.8 Å². The average Bonchev–Trinajstić information content (AvgIpc) is 2.64. The molecular formula is C13H15ClN2S. The van der Waals surface area contributed by atoms with Gasteiger partial charge in [-0.25, -0.2) is 0 Å². The van der Waals surface area contributed by atoms with E-state index in [1.165, 1.54) is 0 Å². The van der Waals surface area contributed by atoms with Crippen molar-refractivity contribution in [3.63, 3.8) is 0 Å². The maximum atomic E-state index is 6.16. The summed E-state index contributed by atoms with van der Waals surface area (Å²) in [5.74, 6) is 0.406. The third-order valence-corrected chi connectivity index (χ3v) is 3.52. The van der Waals surface area contributed by atoms with Crippen molar-refractivity contribution in [2.45, 2.75) is 26.7 Å². The highest BCUT2D eigenvalue weighted by atomic mass is 35.5. The highest BCUT2D eigenvalue weighted by molar-refractivity contribution is 7.71. The summed E-state index contributed by atoms with van der Waals surface area (Å²) in [6.07, 6.45) is 1.96. The van der Waals surface area contributed by atoms with E-state index in [1.54, 1.807) is 0 Å². The molecule has 0 atom stereocenters. The molecular weight excluding hydrogens is 252 g/mol. The first-order valence-corrected chi connectivity index (χ1v) is 6.36. The van der Waals surface area contributed by atoms with Gasteiger partial charge in [-0.05, 0) is 42.8 Å². The summed E-state index contributed by atoms with van der Waals surface area (Å²) >= 11 is 11.5. The van der Waals surface area contributed by atoms with Crippen LogP contribution < -0.4 is 0 Å². The summed E-state index contributed by atoms with van der Waals surface area (Å²) in [6, 6.07) is 6.00. The number of aromatic nitrogens is 2. The Hall–Kier alpha value is -1.06. The number of nitrogens with one attached hydrogen (secondary N) is 1. The monoisotopic (exact) mass is 266 g/mol. The molecule has 0 aliphatic carbocycles. The Balaban J connectivity index is 2.63. The van der Waals surface area contributed by atoms with Crippen molar-refractivity contribution >= 4 is 23.8 Å². The molecule has 0 unspecified atom stereocenters. The van der Waals surface area contributed by atoms with Gasteiger partial charge in [-0.3, -0.25) is 4.57 Å². The standard InChI is InChI=1S/C13H15ClN2S/c1-8(2)12-7-15-13(17)16(12)10-5-4-9(3)11(14)6-10/h4-8H,1-3H3,(H,15,17). The molecule has 0 saturated heterocycles. The summed E-state index contributed by atoms with van der Waals surface area (Å²) < 4.78 is 2.74. The lowest BCUT2D eigenvalue weighted by atomic mass is 10.1. The maximum absolute atomic E-state index is 6.16. The first-order valence-electron chi connectivity index (χ1n) is 5.57. The highest BCUT2D eigenvalue weighted by Gasteiger charge is 2.10. The van der Waals surface area contributed by atoms with Crippen molar-refractivity contribution in [2.75, 3.05) is 0 Å². The van der Waals surface area contributed by atoms with Crippen LogP contribution in [0, 0.1) is 11.7 Å². The van der Waals surface area contributed by atoms with Crippen LogP contribution in [0.5, 0.6) is 0 Å². The van der Waals surface area contributed by atoms with Gasteiger partial charge >= 0.3 is 0 Å². The second-order valence-corrected chi connectivity index (χ2v) is 5.24. The third kappa shape index (κ3) is 2.31. The highest BCUT2D eigenvalue weighted by Crippen LogP contribution is 2.24. The lowest BCUT2D eigenvalue weighted by molar-refractivity contribution is 0.783. The minimum Gasteiger partial charge on any atom is -0.337 e. The SMILES string of the molecule is Cc1ccc(-n2c(C(C)C)c[nH]c2=S)cc1Cl. The molecule has 0 bridgehead atoms. The molecule has 2 rings (SSSR count). The molecule has 0 fully saturated rings. The van der Waals surface area contributed by atoms with Crippen LogP contribution in [0.2, 0.25) is 5.02 Å². The lowest BCUT2D eigenvalue weighted by Gasteiger charge is -2.11. The topological polar surface area (TPSA) is 20.7 Å². The number of aromatic amines is 1. The van der Waals surface area contributed by atoms with E-state index in [0.717, 1.165) is 22.0 Å². The molecule has 0 aliphatic rings. The predicted molar refractivity (Wildman–Crippen MR) is 74.8 cm³/mol. The van der Waals surface area contributed by atoms with Crippen molar-refractivity contribution in [3.8, 4) is 5.69 Å². The van der Waals surface area contributed by atoms with Gasteiger partial charge in [-0.15, -0.1) is 0 Å². The Morgan fingerprint density at radius 3 is 2.65 bits per heavy atom. The molecule has 0 saturated carbocycles. The first kappa shape index (κ1) is 12.4. The molecule has 1 heterocycles. The van der Waals surface area contributed by atoms with Crippen molar-refractivity contribution in [3.05, 3.63) is 45.4 Å². The fourth-order valence-corrected chi connectivity index (χ4v) is 2.24. The molecule has 90 valence electrons. The van der Waals surface area contributed by atoms with Crippen LogP contribution in [0.1, 0.15) is 31.0 Å². The summed E-state index contributed by atoms with van der Waals surface area (Å²) in [7, 11) is 0. The zero-order valence-electron chi connectivity index (χ0n) is 10.1. The molecule has 0 spiro atoms.